The van der Waals surface area contributed by atoms with E-state index in [2.05, 4.69) is 9.97 Å². The molecule has 2 aromatic rings. The summed E-state index contributed by atoms with van der Waals surface area (Å²) >= 11 is 2.98. The Kier molecular flexibility index (Phi) is 4.62. The van der Waals surface area contributed by atoms with Crippen LogP contribution in [0.15, 0.2) is 10.8 Å². The zero-order chi connectivity index (χ0) is 13.8. The summed E-state index contributed by atoms with van der Waals surface area (Å²) in [6, 6.07) is 0. The van der Waals surface area contributed by atoms with Gasteiger partial charge in [0.25, 0.3) is 0 Å². The Hall–Kier alpha value is -1.31. The van der Waals surface area contributed by atoms with Crippen molar-refractivity contribution < 1.29 is 14.6 Å². The molecule has 0 aromatic carbocycles. The van der Waals surface area contributed by atoms with E-state index in [4.69, 9.17) is 9.84 Å². The van der Waals surface area contributed by atoms with Crippen LogP contribution in [0.2, 0.25) is 0 Å². The van der Waals surface area contributed by atoms with Gasteiger partial charge in [0.2, 0.25) is 0 Å². The molecule has 0 radical (unpaired) electrons. The maximum Gasteiger partial charge on any atom is 0.303 e. The molecular weight excluding hydrogens is 284 g/mol. The largest absolute Gasteiger partial charge is 0.459 e. The molecule has 0 aliphatic rings. The lowest BCUT2D eigenvalue weighted by Crippen LogP contribution is -1.99. The third kappa shape index (κ3) is 3.59. The van der Waals surface area contributed by atoms with Crippen molar-refractivity contribution in [3.05, 3.63) is 21.5 Å². The normalized spacial score (nSPS) is 12.4. The molecular formula is C12H14N2O3S2. The molecule has 1 N–H and O–H groups in total. The minimum absolute atomic E-state index is 0.0410. The highest BCUT2D eigenvalue weighted by atomic mass is 32.1. The van der Waals surface area contributed by atoms with Crippen molar-refractivity contribution in [3.63, 3.8) is 0 Å². The molecule has 0 saturated heterocycles. The zero-order valence-corrected chi connectivity index (χ0v) is 12.3. The van der Waals surface area contributed by atoms with E-state index in [-0.39, 0.29) is 25.1 Å². The van der Waals surface area contributed by atoms with Crippen LogP contribution in [0.1, 0.15) is 30.5 Å². The van der Waals surface area contributed by atoms with Gasteiger partial charge in [0.05, 0.1) is 17.3 Å². The predicted molar refractivity (Wildman–Crippen MR) is 74.2 cm³/mol. The highest BCUT2D eigenvalue weighted by Crippen LogP contribution is 2.28. The van der Waals surface area contributed by atoms with Gasteiger partial charge >= 0.3 is 5.97 Å². The van der Waals surface area contributed by atoms with Crippen molar-refractivity contribution in [3.8, 4) is 10.7 Å². The van der Waals surface area contributed by atoms with Crippen molar-refractivity contribution in [1.82, 2.24) is 9.97 Å². The Morgan fingerprint density at radius 2 is 2.21 bits per heavy atom. The van der Waals surface area contributed by atoms with Crippen molar-refractivity contribution in [2.24, 2.45) is 0 Å². The molecule has 2 heterocycles. The lowest BCUT2D eigenvalue weighted by Gasteiger charge is -2.00. The molecule has 0 aliphatic carbocycles. The van der Waals surface area contributed by atoms with Crippen LogP contribution in [0.25, 0.3) is 10.7 Å². The highest BCUT2D eigenvalue weighted by molar-refractivity contribution is 7.14. The summed E-state index contributed by atoms with van der Waals surface area (Å²) in [5.74, 6) is -0.276. The number of aromatic nitrogens is 2. The minimum Gasteiger partial charge on any atom is -0.459 e. The van der Waals surface area contributed by atoms with Crippen LogP contribution in [-0.2, 0) is 16.1 Å². The van der Waals surface area contributed by atoms with Gasteiger partial charge in [0.15, 0.2) is 0 Å². The molecule has 19 heavy (non-hydrogen) atoms. The van der Waals surface area contributed by atoms with Crippen LogP contribution in [0, 0.1) is 0 Å². The molecule has 0 saturated carbocycles. The fraction of sp³-hybridized carbons (Fsp3) is 0.417. The average molecular weight is 298 g/mol. The van der Waals surface area contributed by atoms with E-state index in [0.29, 0.717) is 0 Å². The van der Waals surface area contributed by atoms with Crippen LogP contribution < -0.4 is 0 Å². The Balaban J connectivity index is 2.09. The Morgan fingerprint density at radius 1 is 1.42 bits per heavy atom. The molecule has 0 amide bonds. The number of carbonyl (C=O) groups is 1. The van der Waals surface area contributed by atoms with Crippen LogP contribution in [-0.4, -0.2) is 27.7 Å². The number of hydrogen-bond acceptors (Lipinski definition) is 7. The number of esters is 1. The first-order valence-electron chi connectivity index (χ1n) is 5.74. The van der Waals surface area contributed by atoms with Crippen LogP contribution in [0.5, 0.6) is 0 Å². The Morgan fingerprint density at radius 3 is 2.89 bits per heavy atom. The average Bonchev–Trinajstić information content (AvgIpc) is 3.03. The van der Waals surface area contributed by atoms with Gasteiger partial charge in [-0.05, 0) is 0 Å². The quantitative estimate of drug-likeness (QED) is 0.858. The predicted octanol–water partition coefficient (Wildman–Crippen LogP) is 2.43. The van der Waals surface area contributed by atoms with Crippen molar-refractivity contribution >= 4 is 28.6 Å². The van der Waals surface area contributed by atoms with Gasteiger partial charge in [0, 0.05) is 23.6 Å². The second-order valence-corrected chi connectivity index (χ2v) is 5.83. The summed E-state index contributed by atoms with van der Waals surface area (Å²) in [7, 11) is 0. The number of aliphatic hydroxyl groups excluding tert-OH is 1. The molecule has 2 aromatic heterocycles. The van der Waals surface area contributed by atoms with Gasteiger partial charge in [-0.1, -0.05) is 6.92 Å². The topological polar surface area (TPSA) is 72.3 Å². The van der Waals surface area contributed by atoms with Crippen LogP contribution in [0.4, 0.5) is 0 Å². The molecule has 0 aliphatic heterocycles. The lowest BCUT2D eigenvalue weighted by atomic mass is 10.2. The molecule has 0 spiro atoms. The standard InChI is InChI=1S/C12H14N2O3S2/c1-7(3-15)11-14-10(6-19-11)12-13-9(5-18-12)4-17-8(2)16/h5-7,15H,3-4H2,1-2H3/t7-/m1/s1. The maximum absolute atomic E-state index is 10.7. The van der Waals surface area contributed by atoms with Crippen molar-refractivity contribution in [2.45, 2.75) is 26.4 Å². The van der Waals surface area contributed by atoms with E-state index in [0.717, 1.165) is 21.4 Å². The molecule has 5 nitrogen and oxygen atoms in total. The smallest absolute Gasteiger partial charge is 0.303 e. The van der Waals surface area contributed by atoms with Gasteiger partial charge in [-0.2, -0.15) is 0 Å². The van der Waals surface area contributed by atoms with Gasteiger partial charge < -0.3 is 9.84 Å². The Labute approximate surface area is 118 Å². The van der Waals surface area contributed by atoms with Gasteiger partial charge in [-0.3, -0.25) is 4.79 Å². The number of nitrogens with zero attached hydrogens (tertiary/aromatic N) is 2. The number of thiazole rings is 2. The molecule has 1 atom stereocenters. The number of rotatable bonds is 5. The summed E-state index contributed by atoms with van der Waals surface area (Å²) in [6.07, 6.45) is 0. The van der Waals surface area contributed by atoms with Gasteiger partial charge in [0.1, 0.15) is 17.3 Å². The number of hydrogen-bond donors (Lipinski definition) is 1. The summed E-state index contributed by atoms with van der Waals surface area (Å²) in [5.41, 5.74) is 1.53. The minimum atomic E-state index is -0.317. The lowest BCUT2D eigenvalue weighted by molar-refractivity contribution is -0.142. The third-order valence-corrected chi connectivity index (χ3v) is 4.40. The summed E-state index contributed by atoms with van der Waals surface area (Å²) in [5, 5.41) is 14.6. The van der Waals surface area contributed by atoms with Gasteiger partial charge in [-0.15, -0.1) is 22.7 Å². The van der Waals surface area contributed by atoms with Crippen LogP contribution >= 0.6 is 22.7 Å². The summed E-state index contributed by atoms with van der Waals surface area (Å²) < 4.78 is 4.89. The molecule has 0 unspecified atom stereocenters. The molecule has 102 valence electrons. The Bertz CT molecular complexity index is 565. The van der Waals surface area contributed by atoms with E-state index in [9.17, 15) is 4.79 Å². The van der Waals surface area contributed by atoms with Crippen molar-refractivity contribution in [2.75, 3.05) is 6.61 Å². The first-order valence-corrected chi connectivity index (χ1v) is 7.50. The highest BCUT2D eigenvalue weighted by Gasteiger charge is 2.13. The SMILES string of the molecule is CC(=O)OCc1csc(-c2csc([C@H](C)CO)n2)n1. The number of ether oxygens (including phenoxy) is 1. The zero-order valence-electron chi connectivity index (χ0n) is 10.6. The summed E-state index contributed by atoms with van der Waals surface area (Å²) in [6.45, 7) is 3.57. The number of carbonyl (C=O) groups excluding carboxylic acids is 1. The van der Waals surface area contributed by atoms with E-state index >= 15 is 0 Å². The van der Waals surface area contributed by atoms with Crippen LogP contribution in [0.3, 0.4) is 0 Å². The fourth-order valence-electron chi connectivity index (χ4n) is 1.36. The van der Waals surface area contributed by atoms with Crippen molar-refractivity contribution in [1.29, 1.82) is 0 Å². The molecule has 2 rings (SSSR count). The third-order valence-electron chi connectivity index (χ3n) is 2.41. The summed E-state index contributed by atoms with van der Waals surface area (Å²) in [4.78, 5) is 19.6. The molecule has 7 heteroatoms. The second kappa shape index (κ2) is 6.23. The van der Waals surface area contributed by atoms with E-state index in [1.54, 1.807) is 0 Å². The first kappa shape index (κ1) is 14.1. The second-order valence-electron chi connectivity index (χ2n) is 4.08. The van der Waals surface area contributed by atoms with Gasteiger partial charge in [-0.25, -0.2) is 9.97 Å². The molecule has 0 bridgehead atoms. The monoisotopic (exact) mass is 298 g/mol. The first-order chi connectivity index (χ1) is 9.10. The van der Waals surface area contributed by atoms with E-state index in [1.807, 2.05) is 17.7 Å². The number of aliphatic hydroxyl groups is 1. The van der Waals surface area contributed by atoms with E-state index < -0.39 is 0 Å². The molecule has 0 fully saturated rings. The fourth-order valence-corrected chi connectivity index (χ4v) is 3.05. The maximum atomic E-state index is 10.7. The van der Waals surface area contributed by atoms with E-state index in [1.165, 1.54) is 29.6 Å².